The molecule has 9 heteroatoms. The quantitative estimate of drug-likeness (QED) is 0.394. The van der Waals surface area contributed by atoms with Gasteiger partial charge >= 0.3 is 0 Å². The molecule has 1 aromatic rings. The molecule has 0 bridgehead atoms. The van der Waals surface area contributed by atoms with Crippen molar-refractivity contribution in [3.63, 3.8) is 0 Å². The predicted octanol–water partition coefficient (Wildman–Crippen LogP) is 0.805. The van der Waals surface area contributed by atoms with Gasteiger partial charge in [-0.05, 0) is 64.5 Å². The number of rotatable bonds is 9. The molecule has 2 aliphatic rings. The summed E-state index contributed by atoms with van der Waals surface area (Å²) < 4.78 is 0. The van der Waals surface area contributed by atoms with Crippen LogP contribution in [0.4, 0.5) is 0 Å². The average molecular weight is 432 g/mol. The lowest BCUT2D eigenvalue weighted by Crippen LogP contribution is -2.53. The Bertz CT molecular complexity index is 867. The SMILES string of the molecule is Cc1cc(C(=O)N[C@@H](CC2CC2)C(=O)N[C@@H](C[C@@H]2CC(C)(C)NC2=O)C(N)=O)[nH]c1C. The lowest BCUT2D eigenvalue weighted by atomic mass is 9.91. The largest absolute Gasteiger partial charge is 0.368 e. The Kier molecular flexibility index (Phi) is 6.43. The Hall–Kier alpha value is -2.84. The maximum atomic E-state index is 13.0. The zero-order valence-corrected chi connectivity index (χ0v) is 18.6. The van der Waals surface area contributed by atoms with Crippen molar-refractivity contribution in [2.75, 3.05) is 0 Å². The molecule has 3 rings (SSSR count). The minimum absolute atomic E-state index is 0.134. The van der Waals surface area contributed by atoms with E-state index in [1.807, 2.05) is 27.7 Å². The molecule has 0 aromatic carbocycles. The molecule has 4 amide bonds. The van der Waals surface area contributed by atoms with E-state index in [4.69, 9.17) is 5.73 Å². The fourth-order valence-electron chi connectivity index (χ4n) is 4.13. The highest BCUT2D eigenvalue weighted by Crippen LogP contribution is 2.34. The summed E-state index contributed by atoms with van der Waals surface area (Å²) >= 11 is 0. The topological polar surface area (TPSA) is 146 Å². The minimum Gasteiger partial charge on any atom is -0.368 e. The zero-order chi connectivity index (χ0) is 22.9. The third kappa shape index (κ3) is 5.86. The van der Waals surface area contributed by atoms with Crippen molar-refractivity contribution in [3.05, 3.63) is 23.0 Å². The van der Waals surface area contributed by atoms with Crippen LogP contribution in [0.15, 0.2) is 6.07 Å². The molecule has 9 nitrogen and oxygen atoms in total. The normalized spacial score (nSPS) is 21.8. The van der Waals surface area contributed by atoms with Crippen LogP contribution in [-0.2, 0) is 14.4 Å². The van der Waals surface area contributed by atoms with E-state index in [1.165, 1.54) is 0 Å². The number of aromatic nitrogens is 1. The Morgan fingerprint density at radius 1 is 1.16 bits per heavy atom. The van der Waals surface area contributed by atoms with Gasteiger partial charge in [0.2, 0.25) is 17.7 Å². The molecule has 0 spiro atoms. The molecule has 0 unspecified atom stereocenters. The summed E-state index contributed by atoms with van der Waals surface area (Å²) in [4.78, 5) is 52.9. The zero-order valence-electron chi connectivity index (χ0n) is 18.6. The van der Waals surface area contributed by atoms with Crippen LogP contribution in [0.2, 0.25) is 0 Å². The van der Waals surface area contributed by atoms with Crippen molar-refractivity contribution < 1.29 is 19.2 Å². The van der Waals surface area contributed by atoms with Crippen molar-refractivity contribution in [2.45, 2.75) is 77.4 Å². The van der Waals surface area contributed by atoms with Crippen molar-refractivity contribution in [1.29, 1.82) is 0 Å². The molecule has 2 heterocycles. The minimum atomic E-state index is -0.981. The number of hydrogen-bond donors (Lipinski definition) is 5. The third-order valence-electron chi connectivity index (χ3n) is 6.18. The molecule has 1 saturated heterocycles. The van der Waals surface area contributed by atoms with Crippen LogP contribution < -0.4 is 21.7 Å². The Morgan fingerprint density at radius 2 is 1.84 bits per heavy atom. The molecule has 2 fully saturated rings. The molecule has 0 radical (unpaired) electrons. The molecular weight excluding hydrogens is 398 g/mol. The highest BCUT2D eigenvalue weighted by molar-refractivity contribution is 5.97. The van der Waals surface area contributed by atoms with Crippen LogP contribution in [0.1, 0.15) is 67.7 Å². The first-order chi connectivity index (χ1) is 14.4. The first kappa shape index (κ1) is 22.8. The van der Waals surface area contributed by atoms with Crippen LogP contribution in [0.3, 0.4) is 0 Å². The van der Waals surface area contributed by atoms with Crippen LogP contribution in [-0.4, -0.2) is 46.2 Å². The number of carbonyl (C=O) groups excluding carboxylic acids is 4. The first-order valence-electron chi connectivity index (χ1n) is 10.8. The predicted molar refractivity (Wildman–Crippen MR) is 115 cm³/mol. The summed E-state index contributed by atoms with van der Waals surface area (Å²) in [5.74, 6) is -1.71. The molecule has 1 saturated carbocycles. The number of aryl methyl sites for hydroxylation is 2. The number of aromatic amines is 1. The van der Waals surface area contributed by atoms with E-state index in [-0.39, 0.29) is 23.8 Å². The maximum Gasteiger partial charge on any atom is 0.268 e. The fraction of sp³-hybridized carbons (Fsp3) is 0.636. The molecule has 1 aromatic heterocycles. The Morgan fingerprint density at radius 3 is 2.32 bits per heavy atom. The summed E-state index contributed by atoms with van der Waals surface area (Å²) in [6.07, 6.45) is 3.21. The third-order valence-corrected chi connectivity index (χ3v) is 6.18. The van der Waals surface area contributed by atoms with Crippen molar-refractivity contribution in [3.8, 4) is 0 Å². The molecule has 3 atom stereocenters. The van der Waals surface area contributed by atoms with Gasteiger partial charge in [0, 0.05) is 17.2 Å². The molecule has 1 aliphatic carbocycles. The van der Waals surface area contributed by atoms with E-state index in [1.54, 1.807) is 6.07 Å². The lowest BCUT2D eigenvalue weighted by Gasteiger charge is -2.23. The van der Waals surface area contributed by atoms with Gasteiger partial charge in [-0.3, -0.25) is 19.2 Å². The van der Waals surface area contributed by atoms with E-state index in [0.29, 0.717) is 24.5 Å². The first-order valence-corrected chi connectivity index (χ1v) is 10.8. The number of primary amides is 1. The molecule has 1 aliphatic heterocycles. The maximum absolute atomic E-state index is 13.0. The van der Waals surface area contributed by atoms with E-state index in [9.17, 15) is 19.2 Å². The second kappa shape index (κ2) is 8.72. The van der Waals surface area contributed by atoms with Gasteiger partial charge in [-0.1, -0.05) is 12.8 Å². The van der Waals surface area contributed by atoms with E-state index in [0.717, 1.165) is 24.1 Å². The standard InChI is InChI=1S/C22H33N5O4/c1-11-7-16(24-12(11)2)20(30)26-17(8-13-5-6-13)21(31)25-15(18(23)28)9-14-10-22(3,4)27-19(14)29/h7,13-15,17,24H,5-6,8-10H2,1-4H3,(H2,23,28)(H,25,31)(H,26,30)(H,27,29)/t14-,15+,17+/m1/s1. The van der Waals surface area contributed by atoms with Gasteiger partial charge in [0.05, 0.1) is 0 Å². The van der Waals surface area contributed by atoms with Crippen LogP contribution in [0.25, 0.3) is 0 Å². The number of carbonyl (C=O) groups is 4. The van der Waals surface area contributed by atoms with Crippen molar-refractivity contribution >= 4 is 23.6 Å². The Labute approximate surface area is 182 Å². The lowest BCUT2D eigenvalue weighted by molar-refractivity contribution is -0.130. The summed E-state index contributed by atoms with van der Waals surface area (Å²) in [5.41, 5.74) is 7.40. The second-order valence-electron chi connectivity index (χ2n) is 9.67. The van der Waals surface area contributed by atoms with Gasteiger partial charge < -0.3 is 26.7 Å². The van der Waals surface area contributed by atoms with Gasteiger partial charge in [0.15, 0.2) is 0 Å². The number of amides is 4. The monoisotopic (exact) mass is 431 g/mol. The molecule has 31 heavy (non-hydrogen) atoms. The Balaban J connectivity index is 1.67. The molecule has 170 valence electrons. The van der Waals surface area contributed by atoms with Crippen LogP contribution >= 0.6 is 0 Å². The summed E-state index contributed by atoms with van der Waals surface area (Å²) in [7, 11) is 0. The molecule has 6 N–H and O–H groups in total. The van der Waals surface area contributed by atoms with Gasteiger partial charge in [-0.2, -0.15) is 0 Å². The van der Waals surface area contributed by atoms with Gasteiger partial charge in [0.25, 0.3) is 5.91 Å². The number of nitrogens with one attached hydrogen (secondary N) is 4. The van der Waals surface area contributed by atoms with Crippen molar-refractivity contribution in [1.82, 2.24) is 20.9 Å². The highest BCUT2D eigenvalue weighted by atomic mass is 16.2. The second-order valence-corrected chi connectivity index (χ2v) is 9.67. The van der Waals surface area contributed by atoms with Crippen LogP contribution in [0.5, 0.6) is 0 Å². The van der Waals surface area contributed by atoms with E-state index in [2.05, 4.69) is 20.9 Å². The van der Waals surface area contributed by atoms with Crippen molar-refractivity contribution in [2.24, 2.45) is 17.6 Å². The van der Waals surface area contributed by atoms with Gasteiger partial charge in [-0.25, -0.2) is 0 Å². The number of nitrogens with two attached hydrogens (primary N) is 1. The highest BCUT2D eigenvalue weighted by Gasteiger charge is 2.40. The van der Waals surface area contributed by atoms with E-state index >= 15 is 0 Å². The van der Waals surface area contributed by atoms with Gasteiger partial charge in [-0.15, -0.1) is 0 Å². The summed E-state index contributed by atoms with van der Waals surface area (Å²) in [6.45, 7) is 7.59. The number of hydrogen-bond acceptors (Lipinski definition) is 4. The molecular formula is C22H33N5O4. The van der Waals surface area contributed by atoms with Gasteiger partial charge in [0.1, 0.15) is 17.8 Å². The number of H-pyrrole nitrogens is 1. The van der Waals surface area contributed by atoms with Crippen LogP contribution in [0, 0.1) is 25.7 Å². The smallest absolute Gasteiger partial charge is 0.268 e. The average Bonchev–Trinajstić information content (AvgIpc) is 3.35. The summed E-state index contributed by atoms with van der Waals surface area (Å²) in [5, 5.41) is 8.36. The summed E-state index contributed by atoms with van der Waals surface area (Å²) in [6, 6.07) is -0.0194. The van der Waals surface area contributed by atoms with E-state index < -0.39 is 29.8 Å². The fourth-order valence-corrected chi connectivity index (χ4v) is 4.13.